The van der Waals surface area contributed by atoms with Crippen molar-refractivity contribution in [3.8, 4) is 17.2 Å². The number of hydrogen-bond acceptors (Lipinski definition) is 7. The van der Waals surface area contributed by atoms with E-state index >= 15 is 0 Å². The van der Waals surface area contributed by atoms with Crippen molar-refractivity contribution in [1.29, 1.82) is 5.26 Å². The van der Waals surface area contributed by atoms with E-state index in [1.165, 1.54) is 23.6 Å². The Morgan fingerprint density at radius 3 is 2.71 bits per heavy atom. The molecule has 31 heavy (non-hydrogen) atoms. The van der Waals surface area contributed by atoms with Gasteiger partial charge in [0, 0.05) is 36.4 Å². The van der Waals surface area contributed by atoms with Gasteiger partial charge in [0.1, 0.15) is 17.6 Å². The largest absolute Gasteiger partial charge is 0.368 e. The zero-order valence-corrected chi connectivity index (χ0v) is 19.2. The summed E-state index contributed by atoms with van der Waals surface area (Å²) < 4.78 is 4.57. The Balaban J connectivity index is 1.66. The molecule has 4 rings (SSSR count). The molecule has 0 saturated carbocycles. The zero-order valence-electron chi connectivity index (χ0n) is 18.3. The van der Waals surface area contributed by atoms with Gasteiger partial charge in [0.2, 0.25) is 5.91 Å². The van der Waals surface area contributed by atoms with Crippen LogP contribution in [0, 0.1) is 24.2 Å². The molecule has 1 amide bonds. The molecule has 0 unspecified atom stereocenters. The number of hydrogen-bond donors (Lipinski definition) is 2. The lowest BCUT2D eigenvalue weighted by atomic mass is 10.00. The summed E-state index contributed by atoms with van der Waals surface area (Å²) in [5.74, 6) is -0.130. The SMILES string of the molecule is Cc1nsc(N(CC#N)[C@@H](CC(C)C)C(N)=O)c1-c1ccc(N2C[C@@H]3C[C@H]2CN3)cc1. The van der Waals surface area contributed by atoms with E-state index in [1.54, 1.807) is 0 Å². The predicted octanol–water partition coefficient (Wildman–Crippen LogP) is 2.90. The average molecular weight is 439 g/mol. The Morgan fingerprint density at radius 1 is 1.42 bits per heavy atom. The predicted molar refractivity (Wildman–Crippen MR) is 125 cm³/mol. The van der Waals surface area contributed by atoms with Gasteiger partial charge in [-0.25, -0.2) is 0 Å². The number of carbonyl (C=O) groups is 1. The van der Waals surface area contributed by atoms with Gasteiger partial charge in [-0.3, -0.25) is 4.79 Å². The van der Waals surface area contributed by atoms with E-state index in [2.05, 4.69) is 58.8 Å². The molecule has 2 saturated heterocycles. The van der Waals surface area contributed by atoms with Crippen molar-refractivity contribution >= 4 is 28.1 Å². The van der Waals surface area contributed by atoms with Gasteiger partial charge in [0.15, 0.2) is 0 Å². The van der Waals surface area contributed by atoms with Crippen LogP contribution in [0.2, 0.25) is 0 Å². The van der Waals surface area contributed by atoms with Crippen LogP contribution in [-0.2, 0) is 4.79 Å². The van der Waals surface area contributed by atoms with Crippen LogP contribution in [0.15, 0.2) is 24.3 Å². The Morgan fingerprint density at radius 2 is 2.16 bits per heavy atom. The van der Waals surface area contributed by atoms with Gasteiger partial charge in [-0.1, -0.05) is 26.0 Å². The third-order valence-corrected chi connectivity index (χ3v) is 7.27. The summed E-state index contributed by atoms with van der Waals surface area (Å²) in [5.41, 5.74) is 9.91. The van der Waals surface area contributed by atoms with Gasteiger partial charge < -0.3 is 20.9 Å². The van der Waals surface area contributed by atoms with Crippen molar-refractivity contribution in [3.63, 3.8) is 0 Å². The molecule has 3 N–H and O–H groups in total. The molecule has 3 atom stereocenters. The van der Waals surface area contributed by atoms with Crippen LogP contribution in [0.3, 0.4) is 0 Å². The van der Waals surface area contributed by atoms with Crippen molar-refractivity contribution < 1.29 is 4.79 Å². The van der Waals surface area contributed by atoms with E-state index in [0.29, 0.717) is 18.5 Å². The molecule has 164 valence electrons. The highest BCUT2D eigenvalue weighted by molar-refractivity contribution is 7.11. The molecule has 2 aliphatic rings. The molecule has 1 aromatic heterocycles. The molecule has 3 heterocycles. The number of nitrogens with one attached hydrogen (secondary N) is 1. The van der Waals surface area contributed by atoms with Crippen LogP contribution in [0.25, 0.3) is 11.1 Å². The number of benzene rings is 1. The Labute approximate surface area is 188 Å². The van der Waals surface area contributed by atoms with Crippen LogP contribution >= 0.6 is 11.5 Å². The Bertz CT molecular complexity index is 979. The first-order valence-electron chi connectivity index (χ1n) is 10.9. The molecule has 2 fully saturated rings. The molecule has 8 heteroatoms. The highest BCUT2D eigenvalue weighted by atomic mass is 32.1. The summed E-state index contributed by atoms with van der Waals surface area (Å²) >= 11 is 1.33. The highest BCUT2D eigenvalue weighted by Gasteiger charge is 2.37. The van der Waals surface area contributed by atoms with Gasteiger partial charge in [-0.2, -0.15) is 9.64 Å². The number of piperazine rings is 1. The van der Waals surface area contributed by atoms with Crippen LogP contribution in [0.4, 0.5) is 10.7 Å². The summed E-state index contributed by atoms with van der Waals surface area (Å²) in [6.45, 7) is 8.28. The highest BCUT2D eigenvalue weighted by Crippen LogP contribution is 2.40. The monoisotopic (exact) mass is 438 g/mol. The fourth-order valence-corrected chi connectivity index (χ4v) is 5.79. The molecular formula is C23H30N6OS. The van der Waals surface area contributed by atoms with Crippen molar-refractivity contribution in [2.75, 3.05) is 29.4 Å². The number of anilines is 2. The third-order valence-electron chi connectivity index (χ3n) is 6.29. The summed E-state index contributed by atoms with van der Waals surface area (Å²) in [5, 5.41) is 13.8. The topological polar surface area (TPSA) is 98.3 Å². The summed E-state index contributed by atoms with van der Waals surface area (Å²) in [6.07, 6.45) is 1.81. The van der Waals surface area contributed by atoms with E-state index in [0.717, 1.165) is 34.9 Å². The fourth-order valence-electron chi connectivity index (χ4n) is 4.83. The lowest BCUT2D eigenvalue weighted by molar-refractivity contribution is -0.119. The number of aromatic nitrogens is 1. The van der Waals surface area contributed by atoms with E-state index in [4.69, 9.17) is 5.73 Å². The normalized spacial score (nSPS) is 20.8. The van der Waals surface area contributed by atoms with Crippen molar-refractivity contribution in [1.82, 2.24) is 9.69 Å². The maximum absolute atomic E-state index is 12.3. The first-order chi connectivity index (χ1) is 14.9. The van der Waals surface area contributed by atoms with Gasteiger partial charge in [-0.05, 0) is 54.9 Å². The van der Waals surface area contributed by atoms with E-state index in [-0.39, 0.29) is 12.5 Å². The molecule has 0 radical (unpaired) electrons. The van der Waals surface area contributed by atoms with Crippen LogP contribution < -0.4 is 20.9 Å². The Hall–Kier alpha value is -2.63. The van der Waals surface area contributed by atoms with E-state index in [9.17, 15) is 10.1 Å². The quantitative estimate of drug-likeness (QED) is 0.615. The lowest BCUT2D eigenvalue weighted by Crippen LogP contribution is -2.46. The number of fused-ring (bicyclic) bond motifs is 2. The smallest absolute Gasteiger partial charge is 0.240 e. The van der Waals surface area contributed by atoms with Gasteiger partial charge in [0.25, 0.3) is 0 Å². The minimum absolute atomic E-state index is 0.0941. The standard InChI is InChI=1S/C23H30N6OS/c1-14(2)10-20(22(25)30)28(9-8-24)23-21(15(3)27-31-23)16-4-6-18(7-5-16)29-13-17-11-19(29)12-26-17/h4-7,14,17,19-20,26H,9-13H2,1-3H3,(H2,25,30)/t17-,19-,20-/m0/s1. The number of nitrogens with two attached hydrogens (primary N) is 1. The first-order valence-corrected chi connectivity index (χ1v) is 11.7. The number of rotatable bonds is 8. The first kappa shape index (κ1) is 21.6. The maximum Gasteiger partial charge on any atom is 0.240 e. The van der Waals surface area contributed by atoms with Crippen LogP contribution in [0.5, 0.6) is 0 Å². The lowest BCUT2D eigenvalue weighted by Gasteiger charge is -2.30. The minimum atomic E-state index is -0.537. The van der Waals surface area contributed by atoms with Crippen LogP contribution in [0.1, 0.15) is 32.4 Å². The molecule has 0 aliphatic carbocycles. The average Bonchev–Trinajstić information content (AvgIpc) is 3.46. The number of aryl methyl sites for hydroxylation is 1. The van der Waals surface area contributed by atoms with Gasteiger partial charge in [0.05, 0.1) is 11.8 Å². The van der Waals surface area contributed by atoms with E-state index in [1.807, 2.05) is 11.8 Å². The van der Waals surface area contributed by atoms with E-state index < -0.39 is 11.9 Å². The molecule has 1 aromatic carbocycles. The third kappa shape index (κ3) is 4.25. The summed E-state index contributed by atoms with van der Waals surface area (Å²) in [4.78, 5) is 16.6. The number of nitriles is 1. The van der Waals surface area contributed by atoms with Crippen molar-refractivity contribution in [2.24, 2.45) is 11.7 Å². The second-order valence-corrected chi connectivity index (χ2v) is 9.73. The Kier molecular flexibility index (Phi) is 6.17. The molecule has 2 aliphatic heterocycles. The maximum atomic E-state index is 12.3. The van der Waals surface area contributed by atoms with Gasteiger partial charge >= 0.3 is 0 Å². The second kappa shape index (κ2) is 8.85. The van der Waals surface area contributed by atoms with Crippen molar-refractivity contribution in [2.45, 2.75) is 51.7 Å². The number of amides is 1. The molecular weight excluding hydrogens is 408 g/mol. The molecule has 2 aromatic rings. The second-order valence-electron chi connectivity index (χ2n) is 8.98. The van der Waals surface area contributed by atoms with Crippen LogP contribution in [-0.4, -0.2) is 48.0 Å². The minimum Gasteiger partial charge on any atom is -0.368 e. The summed E-state index contributed by atoms with van der Waals surface area (Å²) in [6, 6.07) is 11.4. The number of nitrogens with zero attached hydrogens (tertiary/aromatic N) is 4. The zero-order chi connectivity index (χ0) is 22.1. The number of primary amides is 1. The van der Waals surface area contributed by atoms with Gasteiger partial charge in [-0.15, -0.1) is 0 Å². The fraction of sp³-hybridized carbons (Fsp3) is 0.522. The molecule has 2 bridgehead atoms. The number of carbonyl (C=O) groups excluding carboxylic acids is 1. The molecule has 7 nitrogen and oxygen atoms in total. The van der Waals surface area contributed by atoms with Crippen molar-refractivity contribution in [3.05, 3.63) is 30.0 Å². The molecule has 0 spiro atoms. The summed E-state index contributed by atoms with van der Waals surface area (Å²) in [7, 11) is 0.